The largest absolute Gasteiger partial charge is 0.452 e. The van der Waals surface area contributed by atoms with Crippen LogP contribution in [-0.4, -0.2) is 24.4 Å². The lowest BCUT2D eigenvalue weighted by atomic mass is 10.2. The summed E-state index contributed by atoms with van der Waals surface area (Å²) in [4.78, 5) is 34.7. The fourth-order valence-corrected chi connectivity index (χ4v) is 1.78. The number of carbonyl (C=O) groups is 3. The van der Waals surface area contributed by atoms with Crippen molar-refractivity contribution in [3.05, 3.63) is 77.6 Å². The predicted molar refractivity (Wildman–Crippen MR) is 88.4 cm³/mol. The summed E-state index contributed by atoms with van der Waals surface area (Å²) in [6.45, 7) is -0.588. The summed E-state index contributed by atoms with van der Waals surface area (Å²) in [7, 11) is 0. The van der Waals surface area contributed by atoms with Crippen molar-refractivity contribution in [2.24, 2.45) is 0 Å². The number of rotatable bonds is 5. The van der Waals surface area contributed by atoms with Crippen molar-refractivity contribution in [1.82, 2.24) is 10.9 Å². The number of hydrogen-bond donors (Lipinski definition) is 2. The molecule has 0 saturated heterocycles. The lowest BCUT2D eigenvalue weighted by Gasteiger charge is -2.07. The maximum Gasteiger partial charge on any atom is 0.331 e. The molecule has 25 heavy (non-hydrogen) atoms. The van der Waals surface area contributed by atoms with Gasteiger partial charge < -0.3 is 4.74 Å². The van der Waals surface area contributed by atoms with Gasteiger partial charge in [0.1, 0.15) is 5.82 Å². The first-order valence-electron chi connectivity index (χ1n) is 7.30. The summed E-state index contributed by atoms with van der Waals surface area (Å²) in [5.74, 6) is -2.50. The molecule has 0 unspecified atom stereocenters. The zero-order valence-electron chi connectivity index (χ0n) is 13.1. The molecule has 7 heteroatoms. The molecule has 0 aliphatic heterocycles. The van der Waals surface area contributed by atoms with Crippen LogP contribution in [0.5, 0.6) is 0 Å². The van der Waals surface area contributed by atoms with Crippen LogP contribution in [0.4, 0.5) is 4.39 Å². The highest BCUT2D eigenvalue weighted by molar-refractivity contribution is 5.95. The molecule has 2 rings (SSSR count). The molecule has 0 heterocycles. The summed E-state index contributed by atoms with van der Waals surface area (Å²) in [6.07, 6.45) is 2.25. The molecule has 2 amide bonds. The van der Waals surface area contributed by atoms with Crippen LogP contribution in [0.25, 0.3) is 6.08 Å². The molecule has 2 aromatic carbocycles. The van der Waals surface area contributed by atoms with Gasteiger partial charge in [0.05, 0.1) is 0 Å². The third-order valence-electron chi connectivity index (χ3n) is 3.00. The van der Waals surface area contributed by atoms with Gasteiger partial charge in [-0.1, -0.05) is 36.4 Å². The standard InChI is InChI=1S/C18H15FN2O4/c19-15-9-5-4-6-13(15)10-11-17(23)25-12-16(22)20-21-18(24)14-7-2-1-3-8-14/h1-11H,12H2,(H,20,22)(H,21,24)/b11-10+. The normalized spacial score (nSPS) is 10.3. The van der Waals surface area contributed by atoms with Gasteiger partial charge in [0.25, 0.3) is 11.8 Å². The number of esters is 1. The molecule has 0 bridgehead atoms. The van der Waals surface area contributed by atoms with E-state index in [0.717, 1.165) is 6.08 Å². The maximum atomic E-state index is 13.4. The minimum absolute atomic E-state index is 0.221. The number of carbonyl (C=O) groups excluding carboxylic acids is 3. The minimum Gasteiger partial charge on any atom is -0.452 e. The maximum absolute atomic E-state index is 13.4. The quantitative estimate of drug-likeness (QED) is 0.493. The van der Waals surface area contributed by atoms with Gasteiger partial charge in [-0.15, -0.1) is 0 Å². The van der Waals surface area contributed by atoms with Crippen LogP contribution in [0.2, 0.25) is 0 Å². The summed E-state index contributed by atoms with van der Waals surface area (Å²) in [5.41, 5.74) is 4.90. The smallest absolute Gasteiger partial charge is 0.331 e. The molecule has 128 valence electrons. The average Bonchev–Trinajstić information content (AvgIpc) is 2.64. The predicted octanol–water partition coefficient (Wildman–Crippen LogP) is 1.84. The van der Waals surface area contributed by atoms with Crippen LogP contribution in [-0.2, 0) is 14.3 Å². The summed E-state index contributed by atoms with van der Waals surface area (Å²) in [6, 6.07) is 14.2. The van der Waals surface area contributed by atoms with Gasteiger partial charge in [0.2, 0.25) is 0 Å². The third-order valence-corrected chi connectivity index (χ3v) is 3.00. The number of hydrogen-bond acceptors (Lipinski definition) is 4. The second kappa shape index (κ2) is 8.97. The number of amides is 2. The first kappa shape index (κ1) is 17.9. The topological polar surface area (TPSA) is 84.5 Å². The van der Waals surface area contributed by atoms with Crippen molar-refractivity contribution in [3.63, 3.8) is 0 Å². The number of benzene rings is 2. The van der Waals surface area contributed by atoms with Crippen LogP contribution in [0.3, 0.4) is 0 Å². The van der Waals surface area contributed by atoms with Gasteiger partial charge in [-0.3, -0.25) is 20.4 Å². The van der Waals surface area contributed by atoms with E-state index in [9.17, 15) is 18.8 Å². The molecule has 0 saturated carbocycles. The average molecular weight is 342 g/mol. The molecule has 0 aromatic heterocycles. The Hall–Kier alpha value is -3.48. The first-order chi connectivity index (χ1) is 12.1. The summed E-state index contributed by atoms with van der Waals surface area (Å²) < 4.78 is 18.1. The molecule has 0 radical (unpaired) electrons. The van der Waals surface area contributed by atoms with E-state index in [4.69, 9.17) is 4.74 Å². The SMILES string of the molecule is O=C(COC(=O)/C=C/c1ccccc1F)NNC(=O)c1ccccc1. The molecule has 6 nitrogen and oxygen atoms in total. The lowest BCUT2D eigenvalue weighted by molar-refractivity contribution is -0.144. The van der Waals surface area contributed by atoms with E-state index in [1.807, 2.05) is 0 Å². The number of nitrogens with one attached hydrogen (secondary N) is 2. The molecule has 0 atom stereocenters. The Morgan fingerprint density at radius 3 is 2.36 bits per heavy atom. The van der Waals surface area contributed by atoms with Crippen molar-refractivity contribution in [1.29, 1.82) is 0 Å². The van der Waals surface area contributed by atoms with Gasteiger partial charge in [0.15, 0.2) is 6.61 Å². The van der Waals surface area contributed by atoms with E-state index in [1.165, 1.54) is 24.3 Å². The fourth-order valence-electron chi connectivity index (χ4n) is 1.78. The van der Waals surface area contributed by atoms with E-state index >= 15 is 0 Å². The third kappa shape index (κ3) is 5.91. The van der Waals surface area contributed by atoms with Gasteiger partial charge in [-0.25, -0.2) is 9.18 Å². The van der Waals surface area contributed by atoms with Gasteiger partial charge in [-0.05, 0) is 24.3 Å². The molecule has 0 spiro atoms. The van der Waals surface area contributed by atoms with Crippen LogP contribution >= 0.6 is 0 Å². The first-order valence-corrected chi connectivity index (χ1v) is 7.30. The zero-order valence-corrected chi connectivity index (χ0v) is 13.1. The van der Waals surface area contributed by atoms with Crippen molar-refractivity contribution >= 4 is 23.9 Å². The van der Waals surface area contributed by atoms with E-state index in [0.29, 0.717) is 5.56 Å². The highest BCUT2D eigenvalue weighted by Gasteiger charge is 2.08. The van der Waals surface area contributed by atoms with Crippen LogP contribution in [0.15, 0.2) is 60.7 Å². The van der Waals surface area contributed by atoms with Gasteiger partial charge in [-0.2, -0.15) is 0 Å². The van der Waals surface area contributed by atoms with Crippen LogP contribution in [0, 0.1) is 5.82 Å². The van der Waals surface area contributed by atoms with Gasteiger partial charge >= 0.3 is 5.97 Å². The zero-order chi connectivity index (χ0) is 18.1. The Kier molecular flexibility index (Phi) is 6.41. The van der Waals surface area contributed by atoms with Crippen molar-refractivity contribution in [3.8, 4) is 0 Å². The summed E-state index contributed by atoms with van der Waals surface area (Å²) >= 11 is 0. The highest BCUT2D eigenvalue weighted by Crippen LogP contribution is 2.08. The van der Waals surface area contributed by atoms with Crippen LogP contribution < -0.4 is 10.9 Å². The Balaban J connectivity index is 1.73. The number of ether oxygens (including phenoxy) is 1. The molecular weight excluding hydrogens is 327 g/mol. The fraction of sp³-hybridized carbons (Fsp3) is 0.0556. The van der Waals surface area contributed by atoms with Crippen molar-refractivity contribution < 1.29 is 23.5 Å². The van der Waals surface area contributed by atoms with Crippen molar-refractivity contribution in [2.75, 3.05) is 6.61 Å². The molecule has 0 aliphatic carbocycles. The number of halogens is 1. The van der Waals surface area contributed by atoms with Crippen LogP contribution in [0.1, 0.15) is 15.9 Å². The number of hydrazine groups is 1. The van der Waals surface area contributed by atoms with Crippen molar-refractivity contribution in [2.45, 2.75) is 0 Å². The van der Waals surface area contributed by atoms with Gasteiger partial charge in [0, 0.05) is 17.2 Å². The Bertz CT molecular complexity index is 791. The van der Waals surface area contributed by atoms with E-state index in [-0.39, 0.29) is 5.56 Å². The summed E-state index contributed by atoms with van der Waals surface area (Å²) in [5, 5.41) is 0. The molecule has 2 N–H and O–H groups in total. The molecular formula is C18H15FN2O4. The Morgan fingerprint density at radius 2 is 1.64 bits per heavy atom. The Morgan fingerprint density at radius 1 is 0.960 bits per heavy atom. The monoisotopic (exact) mass is 342 g/mol. The highest BCUT2D eigenvalue weighted by atomic mass is 19.1. The second-order valence-corrected chi connectivity index (χ2v) is 4.83. The van der Waals surface area contributed by atoms with E-state index in [1.54, 1.807) is 36.4 Å². The Labute approximate surface area is 143 Å². The molecule has 0 aliphatic rings. The molecule has 0 fully saturated rings. The lowest BCUT2D eigenvalue weighted by Crippen LogP contribution is -2.43. The molecule has 2 aromatic rings. The minimum atomic E-state index is -0.812. The van der Waals surface area contributed by atoms with E-state index < -0.39 is 30.2 Å². The van der Waals surface area contributed by atoms with E-state index in [2.05, 4.69) is 10.9 Å². The second-order valence-electron chi connectivity index (χ2n) is 4.83.